The molecule has 0 atom stereocenters. The highest BCUT2D eigenvalue weighted by Gasteiger charge is 2.42. The molecule has 1 aliphatic rings. The van der Waals surface area contributed by atoms with E-state index in [2.05, 4.69) is 20.8 Å². The quantitative estimate of drug-likeness (QED) is 0.905. The minimum absolute atomic E-state index is 0.369. The first-order valence-corrected chi connectivity index (χ1v) is 6.99. The number of nitrogens with zero attached hydrogens (tertiary/aromatic N) is 3. The van der Waals surface area contributed by atoms with Crippen molar-refractivity contribution in [1.82, 2.24) is 14.5 Å². The summed E-state index contributed by atoms with van der Waals surface area (Å²) in [5.74, 6) is 0.582. The van der Waals surface area contributed by atoms with Crippen molar-refractivity contribution < 1.29 is 0 Å². The molecule has 5 heteroatoms. The zero-order valence-electron chi connectivity index (χ0n) is 10.1. The summed E-state index contributed by atoms with van der Waals surface area (Å²) in [6.07, 6.45) is 6.57. The molecule has 0 amide bonds. The first kappa shape index (κ1) is 10.9. The molecule has 2 aromatic heterocycles. The number of fused-ring (bicyclic) bond motifs is 1. The van der Waals surface area contributed by atoms with E-state index < -0.39 is 0 Å². The second kappa shape index (κ2) is 3.63. The molecule has 0 saturated heterocycles. The number of nitrogen functional groups attached to an aromatic ring is 1. The largest absolute Gasteiger partial charge is 0.369 e. The summed E-state index contributed by atoms with van der Waals surface area (Å²) < 4.78 is 2.42. The molecule has 3 rings (SSSR count). The lowest BCUT2D eigenvalue weighted by Crippen LogP contribution is -2.15. The predicted octanol–water partition coefficient (Wildman–Crippen LogP) is 2.22. The van der Waals surface area contributed by atoms with Crippen LogP contribution in [0.25, 0.3) is 11.2 Å². The summed E-state index contributed by atoms with van der Waals surface area (Å²) in [5, 5.41) is 0. The number of thioether (sulfide) groups is 1. The van der Waals surface area contributed by atoms with Gasteiger partial charge in [-0.15, -0.1) is 0 Å². The molecule has 0 unspecified atom stereocenters. The molecular weight excluding hydrogens is 232 g/mol. The summed E-state index contributed by atoms with van der Waals surface area (Å²) in [4.78, 5) is 8.85. The Hall–Kier alpha value is -1.23. The van der Waals surface area contributed by atoms with Gasteiger partial charge < -0.3 is 5.73 Å². The topological polar surface area (TPSA) is 56.7 Å². The zero-order valence-corrected chi connectivity index (χ0v) is 10.9. The van der Waals surface area contributed by atoms with Crippen LogP contribution in [-0.4, -0.2) is 25.5 Å². The first-order valence-electron chi connectivity index (χ1n) is 5.77. The number of aromatic nitrogens is 3. The van der Waals surface area contributed by atoms with Crippen molar-refractivity contribution in [3.05, 3.63) is 17.8 Å². The van der Waals surface area contributed by atoms with Crippen molar-refractivity contribution in [3.63, 3.8) is 0 Å². The molecule has 0 aliphatic heterocycles. The monoisotopic (exact) mass is 248 g/mol. The standard InChI is InChI=1S/C12H16N4S/c1-8-5-9-10(14-6-8)16(11(13)15-9)7-12(17-2)3-4-12/h5-6H,3-4,7H2,1-2H3,(H2,13,15). The fourth-order valence-electron chi connectivity index (χ4n) is 2.14. The van der Waals surface area contributed by atoms with Gasteiger partial charge in [0, 0.05) is 17.5 Å². The molecule has 0 radical (unpaired) electrons. The predicted molar refractivity (Wildman–Crippen MR) is 72.2 cm³/mol. The Morgan fingerprint density at radius 2 is 2.29 bits per heavy atom. The van der Waals surface area contributed by atoms with Gasteiger partial charge in [0.1, 0.15) is 5.52 Å². The third-order valence-corrected chi connectivity index (χ3v) is 4.84. The normalized spacial score (nSPS) is 17.5. The molecular formula is C12H16N4S. The number of hydrogen-bond acceptors (Lipinski definition) is 4. The minimum Gasteiger partial charge on any atom is -0.369 e. The van der Waals surface area contributed by atoms with Gasteiger partial charge in [-0.2, -0.15) is 11.8 Å². The van der Waals surface area contributed by atoms with Gasteiger partial charge in [-0.3, -0.25) is 4.57 Å². The van der Waals surface area contributed by atoms with Crippen LogP contribution in [0.4, 0.5) is 5.95 Å². The van der Waals surface area contributed by atoms with E-state index in [1.165, 1.54) is 12.8 Å². The summed E-state index contributed by atoms with van der Waals surface area (Å²) in [6, 6.07) is 2.04. The Labute approximate surface area is 105 Å². The van der Waals surface area contributed by atoms with Gasteiger partial charge >= 0.3 is 0 Å². The van der Waals surface area contributed by atoms with E-state index in [0.717, 1.165) is 23.3 Å². The van der Waals surface area contributed by atoms with Crippen LogP contribution >= 0.6 is 11.8 Å². The molecule has 0 spiro atoms. The Morgan fingerprint density at radius 3 is 2.94 bits per heavy atom. The second-order valence-corrected chi connectivity index (χ2v) is 6.07. The van der Waals surface area contributed by atoms with E-state index in [-0.39, 0.29) is 0 Å². The van der Waals surface area contributed by atoms with Crippen molar-refractivity contribution in [1.29, 1.82) is 0 Å². The molecule has 0 bridgehead atoms. The van der Waals surface area contributed by atoms with Crippen LogP contribution in [0.3, 0.4) is 0 Å². The van der Waals surface area contributed by atoms with Crippen molar-refractivity contribution >= 4 is 28.9 Å². The molecule has 1 fully saturated rings. The molecule has 90 valence electrons. The smallest absolute Gasteiger partial charge is 0.202 e. The van der Waals surface area contributed by atoms with Gasteiger partial charge in [0.2, 0.25) is 5.95 Å². The molecule has 1 aliphatic carbocycles. The van der Waals surface area contributed by atoms with Crippen molar-refractivity contribution in [2.45, 2.75) is 31.1 Å². The third kappa shape index (κ3) is 1.78. The Bertz CT molecular complexity index is 571. The molecule has 2 N–H and O–H groups in total. The SMILES string of the molecule is CSC1(Cn2c(N)nc3cc(C)cnc32)CC1. The van der Waals surface area contributed by atoms with Crippen LogP contribution in [-0.2, 0) is 6.54 Å². The highest BCUT2D eigenvalue weighted by atomic mass is 32.2. The molecule has 1 saturated carbocycles. The molecule has 17 heavy (non-hydrogen) atoms. The van der Waals surface area contributed by atoms with Crippen LogP contribution in [0.5, 0.6) is 0 Å². The lowest BCUT2D eigenvalue weighted by molar-refractivity contribution is 0.682. The van der Waals surface area contributed by atoms with Crippen LogP contribution in [0.2, 0.25) is 0 Å². The van der Waals surface area contributed by atoms with E-state index in [0.29, 0.717) is 10.7 Å². The maximum atomic E-state index is 6.00. The Kier molecular flexibility index (Phi) is 2.33. The maximum absolute atomic E-state index is 6.00. The second-order valence-electron chi connectivity index (χ2n) is 4.80. The molecule has 0 aromatic carbocycles. The summed E-state index contributed by atoms with van der Waals surface area (Å²) in [7, 11) is 0. The van der Waals surface area contributed by atoms with E-state index in [9.17, 15) is 0 Å². The van der Waals surface area contributed by atoms with Gasteiger partial charge in [-0.1, -0.05) is 0 Å². The highest BCUT2D eigenvalue weighted by molar-refractivity contribution is 8.00. The number of anilines is 1. The van der Waals surface area contributed by atoms with Crippen LogP contribution in [0.15, 0.2) is 12.3 Å². The van der Waals surface area contributed by atoms with E-state index in [4.69, 9.17) is 5.73 Å². The third-order valence-electron chi connectivity index (χ3n) is 3.44. The summed E-state index contributed by atoms with van der Waals surface area (Å²) in [5.41, 5.74) is 8.93. The van der Waals surface area contributed by atoms with Gasteiger partial charge in [-0.05, 0) is 37.7 Å². The van der Waals surface area contributed by atoms with Crippen molar-refractivity contribution in [3.8, 4) is 0 Å². The number of hydrogen-bond donors (Lipinski definition) is 1. The van der Waals surface area contributed by atoms with Gasteiger partial charge in [0.05, 0.1) is 0 Å². The number of nitrogens with two attached hydrogens (primary N) is 1. The van der Waals surface area contributed by atoms with E-state index in [1.807, 2.05) is 30.9 Å². The summed E-state index contributed by atoms with van der Waals surface area (Å²) >= 11 is 1.92. The lowest BCUT2D eigenvalue weighted by Gasteiger charge is -2.14. The van der Waals surface area contributed by atoms with Crippen molar-refractivity contribution in [2.75, 3.05) is 12.0 Å². The number of aryl methyl sites for hydroxylation is 1. The fraction of sp³-hybridized carbons (Fsp3) is 0.500. The van der Waals surface area contributed by atoms with Gasteiger partial charge in [0.25, 0.3) is 0 Å². The zero-order chi connectivity index (χ0) is 12.0. The Morgan fingerprint density at radius 1 is 1.53 bits per heavy atom. The van der Waals surface area contributed by atoms with Crippen LogP contribution in [0.1, 0.15) is 18.4 Å². The lowest BCUT2D eigenvalue weighted by atomic mass is 10.3. The molecule has 2 heterocycles. The number of imidazole rings is 1. The molecule has 2 aromatic rings. The van der Waals surface area contributed by atoms with E-state index in [1.54, 1.807) is 0 Å². The maximum Gasteiger partial charge on any atom is 0.202 e. The Balaban J connectivity index is 2.06. The van der Waals surface area contributed by atoms with Gasteiger partial charge in [-0.25, -0.2) is 9.97 Å². The van der Waals surface area contributed by atoms with Gasteiger partial charge in [0.15, 0.2) is 5.65 Å². The molecule has 4 nitrogen and oxygen atoms in total. The highest BCUT2D eigenvalue weighted by Crippen LogP contribution is 2.49. The average molecular weight is 248 g/mol. The van der Waals surface area contributed by atoms with Crippen LogP contribution in [0, 0.1) is 6.92 Å². The minimum atomic E-state index is 0.369. The number of rotatable bonds is 3. The fourth-order valence-corrected chi connectivity index (χ4v) is 2.91. The van der Waals surface area contributed by atoms with E-state index >= 15 is 0 Å². The van der Waals surface area contributed by atoms with Crippen molar-refractivity contribution in [2.24, 2.45) is 0 Å². The first-order chi connectivity index (χ1) is 8.13. The number of pyridine rings is 1. The van der Waals surface area contributed by atoms with Crippen LogP contribution < -0.4 is 5.73 Å². The summed E-state index contributed by atoms with van der Waals surface area (Å²) in [6.45, 7) is 2.94. The average Bonchev–Trinajstić information content (AvgIpc) is 3.01.